The Balaban J connectivity index is 2.02. The number of hydrogen-bond acceptors (Lipinski definition) is 4. The van der Waals surface area contributed by atoms with Crippen LogP contribution in [-0.2, 0) is 16.0 Å². The number of carbonyl (C=O) groups is 2. The minimum atomic E-state index is -0.347. The van der Waals surface area contributed by atoms with Crippen LogP contribution >= 0.6 is 0 Å². The molecule has 1 aromatic rings. The Morgan fingerprint density at radius 2 is 1.60 bits per heavy atom. The molecule has 0 unspecified atom stereocenters. The molecule has 20 heavy (non-hydrogen) atoms. The van der Waals surface area contributed by atoms with Gasteiger partial charge in [-0.2, -0.15) is 0 Å². The molecule has 0 aliphatic carbocycles. The van der Waals surface area contributed by atoms with Crippen LogP contribution in [0.15, 0.2) is 35.6 Å². The lowest BCUT2D eigenvalue weighted by molar-refractivity contribution is -0.121. The molecule has 5 heteroatoms. The third kappa shape index (κ3) is 7.41. The molecule has 0 aliphatic heterocycles. The van der Waals surface area contributed by atoms with Crippen molar-refractivity contribution in [3.05, 3.63) is 40.8 Å². The van der Waals surface area contributed by atoms with Gasteiger partial charge in [0, 0.05) is 19.3 Å². The number of amides is 1. The van der Waals surface area contributed by atoms with Crippen molar-refractivity contribution in [2.45, 2.75) is 44.9 Å². The fourth-order valence-electron chi connectivity index (χ4n) is 1.98. The fourth-order valence-corrected chi connectivity index (χ4v) is 1.98. The highest BCUT2D eigenvalue weighted by atomic mass is 16.3. The van der Waals surface area contributed by atoms with Gasteiger partial charge < -0.3 is 0 Å². The van der Waals surface area contributed by atoms with Gasteiger partial charge >= 0.3 is 0 Å². The topological polar surface area (TPSA) is 75.6 Å². The molecule has 0 aromatic heterocycles. The summed E-state index contributed by atoms with van der Waals surface area (Å²) in [6.07, 6.45) is 4.75. The van der Waals surface area contributed by atoms with Gasteiger partial charge in [-0.3, -0.25) is 9.59 Å². The van der Waals surface area contributed by atoms with E-state index >= 15 is 0 Å². The van der Waals surface area contributed by atoms with E-state index in [1.54, 1.807) is 0 Å². The maximum Gasteiger partial charge on any atom is 0.242 e. The Labute approximate surface area is 118 Å². The van der Waals surface area contributed by atoms with Gasteiger partial charge in [0.05, 0.1) is 5.29 Å². The minimum Gasteiger partial charge on any atom is -0.299 e. The van der Waals surface area contributed by atoms with E-state index in [9.17, 15) is 14.5 Å². The SMILES string of the molecule is O=NNC(=O)CCCCCCC(=O)Cc1ccccc1. The van der Waals surface area contributed by atoms with E-state index in [-0.39, 0.29) is 11.7 Å². The second-order valence-corrected chi connectivity index (χ2v) is 4.74. The smallest absolute Gasteiger partial charge is 0.242 e. The van der Waals surface area contributed by atoms with Crippen molar-refractivity contribution in [3.8, 4) is 0 Å². The molecular formula is C15H20N2O3. The van der Waals surface area contributed by atoms with E-state index in [2.05, 4.69) is 5.29 Å². The predicted molar refractivity (Wildman–Crippen MR) is 76.8 cm³/mol. The summed E-state index contributed by atoms with van der Waals surface area (Å²) < 4.78 is 0. The molecule has 1 rings (SSSR count). The number of nitrogens with zero attached hydrogens (tertiary/aromatic N) is 1. The summed E-state index contributed by atoms with van der Waals surface area (Å²) in [6, 6.07) is 9.71. The molecule has 0 fully saturated rings. The number of rotatable bonds is 10. The molecule has 0 bridgehead atoms. The van der Waals surface area contributed by atoms with Crippen LogP contribution in [0, 0.1) is 4.91 Å². The predicted octanol–water partition coefficient (Wildman–Crippen LogP) is 2.94. The number of nitroso groups, excluding NO2 is 1. The number of benzene rings is 1. The molecule has 0 saturated carbocycles. The zero-order chi connectivity index (χ0) is 14.6. The van der Waals surface area contributed by atoms with Gasteiger partial charge in [0.25, 0.3) is 0 Å². The number of nitrogens with one attached hydrogen (secondary N) is 1. The summed E-state index contributed by atoms with van der Waals surface area (Å²) in [4.78, 5) is 32.4. The molecule has 1 amide bonds. The van der Waals surface area contributed by atoms with Crippen LogP contribution in [0.1, 0.15) is 44.1 Å². The first-order valence-electron chi connectivity index (χ1n) is 6.89. The van der Waals surface area contributed by atoms with Gasteiger partial charge in [-0.05, 0) is 18.4 Å². The summed E-state index contributed by atoms with van der Waals surface area (Å²) in [6.45, 7) is 0. The third-order valence-electron chi connectivity index (χ3n) is 3.02. The van der Waals surface area contributed by atoms with Crippen molar-refractivity contribution in [2.24, 2.45) is 5.29 Å². The zero-order valence-corrected chi connectivity index (χ0v) is 11.5. The average molecular weight is 276 g/mol. The van der Waals surface area contributed by atoms with Crippen LogP contribution in [0.3, 0.4) is 0 Å². The highest BCUT2D eigenvalue weighted by Gasteiger charge is 2.04. The lowest BCUT2D eigenvalue weighted by atomic mass is 10.0. The number of Topliss-reactive ketones (excluding diaryl/α,β-unsaturated/α-hetero) is 1. The lowest BCUT2D eigenvalue weighted by Gasteiger charge is -2.02. The maximum atomic E-state index is 11.7. The molecule has 108 valence electrons. The Bertz CT molecular complexity index is 432. The molecule has 1 aromatic carbocycles. The first-order chi connectivity index (χ1) is 9.72. The summed E-state index contributed by atoms with van der Waals surface area (Å²) in [5.41, 5.74) is 2.91. The molecule has 5 nitrogen and oxygen atoms in total. The van der Waals surface area contributed by atoms with E-state index < -0.39 is 0 Å². The summed E-state index contributed by atoms with van der Waals surface area (Å²) in [7, 11) is 0. The molecule has 0 saturated heterocycles. The molecule has 0 atom stereocenters. The van der Waals surface area contributed by atoms with Crippen LogP contribution < -0.4 is 5.43 Å². The largest absolute Gasteiger partial charge is 0.299 e. The van der Waals surface area contributed by atoms with E-state index in [1.807, 2.05) is 35.8 Å². The molecule has 1 N–H and O–H groups in total. The Hall–Kier alpha value is -2.04. The molecule has 0 spiro atoms. The molecule has 0 aliphatic rings. The Morgan fingerprint density at radius 3 is 2.25 bits per heavy atom. The number of carbonyl (C=O) groups excluding carboxylic acids is 2. The van der Waals surface area contributed by atoms with Crippen molar-refractivity contribution in [3.63, 3.8) is 0 Å². The van der Waals surface area contributed by atoms with Crippen LogP contribution in [0.4, 0.5) is 0 Å². The van der Waals surface area contributed by atoms with Gasteiger partial charge in [0.1, 0.15) is 5.78 Å². The van der Waals surface area contributed by atoms with Gasteiger partial charge in [-0.15, -0.1) is 4.91 Å². The summed E-state index contributed by atoms with van der Waals surface area (Å²) in [5, 5.41) is 2.32. The quantitative estimate of drug-likeness (QED) is 0.405. The third-order valence-corrected chi connectivity index (χ3v) is 3.02. The van der Waals surface area contributed by atoms with Gasteiger partial charge in [-0.1, -0.05) is 43.2 Å². The monoisotopic (exact) mass is 276 g/mol. The first-order valence-corrected chi connectivity index (χ1v) is 6.89. The van der Waals surface area contributed by atoms with Crippen molar-refractivity contribution in [1.29, 1.82) is 0 Å². The van der Waals surface area contributed by atoms with Crippen LogP contribution in [0.25, 0.3) is 0 Å². The second kappa shape index (κ2) is 9.83. The minimum absolute atomic E-state index is 0.249. The molecular weight excluding hydrogens is 256 g/mol. The second-order valence-electron chi connectivity index (χ2n) is 4.74. The summed E-state index contributed by atoms with van der Waals surface area (Å²) >= 11 is 0. The highest BCUT2D eigenvalue weighted by molar-refractivity contribution is 5.80. The van der Waals surface area contributed by atoms with Gasteiger partial charge in [0.15, 0.2) is 0 Å². The number of hydrogen-bond donors (Lipinski definition) is 1. The van der Waals surface area contributed by atoms with Crippen LogP contribution in [0.2, 0.25) is 0 Å². The van der Waals surface area contributed by atoms with Crippen molar-refractivity contribution in [1.82, 2.24) is 5.43 Å². The lowest BCUT2D eigenvalue weighted by Crippen LogP contribution is -2.15. The van der Waals surface area contributed by atoms with Crippen molar-refractivity contribution in [2.75, 3.05) is 0 Å². The molecule has 0 heterocycles. The standard InChI is InChI=1S/C15H20N2O3/c18-14(12-13-8-4-3-5-9-13)10-6-1-2-7-11-15(19)16-17-20/h3-5,8-9H,1-2,6-7,10-12H2,(H,16,19,20). The normalized spacial score (nSPS) is 10.0. The van der Waals surface area contributed by atoms with E-state index in [0.717, 1.165) is 24.8 Å². The zero-order valence-electron chi connectivity index (χ0n) is 11.5. The van der Waals surface area contributed by atoms with Crippen LogP contribution in [-0.4, -0.2) is 11.7 Å². The van der Waals surface area contributed by atoms with Gasteiger partial charge in [-0.25, -0.2) is 5.43 Å². The van der Waals surface area contributed by atoms with Crippen LogP contribution in [0.5, 0.6) is 0 Å². The maximum absolute atomic E-state index is 11.7. The number of unbranched alkanes of at least 4 members (excludes halogenated alkanes) is 3. The Kier molecular flexibility index (Phi) is 7.87. The van der Waals surface area contributed by atoms with Crippen molar-refractivity contribution >= 4 is 11.7 Å². The number of ketones is 1. The molecule has 0 radical (unpaired) electrons. The van der Waals surface area contributed by atoms with Gasteiger partial charge in [0.2, 0.25) is 5.91 Å². The summed E-state index contributed by atoms with van der Waals surface area (Å²) in [5.74, 6) is -0.0979. The van der Waals surface area contributed by atoms with Crippen molar-refractivity contribution < 1.29 is 9.59 Å². The van der Waals surface area contributed by atoms with E-state index in [0.29, 0.717) is 25.7 Å². The Morgan fingerprint density at radius 1 is 0.950 bits per heavy atom. The highest BCUT2D eigenvalue weighted by Crippen LogP contribution is 2.08. The van der Waals surface area contributed by atoms with E-state index in [1.165, 1.54) is 0 Å². The van der Waals surface area contributed by atoms with E-state index in [4.69, 9.17) is 0 Å². The first kappa shape index (κ1) is 16.0. The average Bonchev–Trinajstić information content (AvgIpc) is 2.44. The fraction of sp³-hybridized carbons (Fsp3) is 0.467.